The summed E-state index contributed by atoms with van der Waals surface area (Å²) in [6, 6.07) is 11.0. The molecular formula is C15H22N4. The summed E-state index contributed by atoms with van der Waals surface area (Å²) in [6.45, 7) is 3.02. The molecule has 102 valence electrons. The third kappa shape index (κ3) is 3.35. The smallest absolute Gasteiger partial charge is 0.0547 e. The van der Waals surface area contributed by atoms with Crippen LogP contribution in [-0.4, -0.2) is 23.9 Å². The lowest BCUT2D eigenvalue weighted by atomic mass is 10.1. The molecule has 2 aromatic rings. The lowest BCUT2D eigenvalue weighted by Crippen LogP contribution is -2.20. The number of aromatic nitrogens is 2. The highest BCUT2D eigenvalue weighted by atomic mass is 15.3. The number of hydrogen-bond donors (Lipinski definition) is 1. The van der Waals surface area contributed by atoms with Crippen molar-refractivity contribution < 1.29 is 0 Å². The molecule has 1 aromatic heterocycles. The number of nitrogens with one attached hydrogen (secondary N) is 1. The second-order valence-electron chi connectivity index (χ2n) is 5.04. The lowest BCUT2D eigenvalue weighted by Gasteiger charge is -2.15. The van der Waals surface area contributed by atoms with Gasteiger partial charge in [-0.05, 0) is 30.7 Å². The summed E-state index contributed by atoms with van der Waals surface area (Å²) in [5, 5.41) is 7.71. The number of anilines is 1. The van der Waals surface area contributed by atoms with Crippen LogP contribution in [0.5, 0.6) is 0 Å². The Hall–Kier alpha value is -1.81. The van der Waals surface area contributed by atoms with Crippen LogP contribution in [0.1, 0.15) is 24.2 Å². The zero-order chi connectivity index (χ0) is 13.8. The molecule has 1 heterocycles. The van der Waals surface area contributed by atoms with E-state index in [1.54, 1.807) is 0 Å². The van der Waals surface area contributed by atoms with Crippen molar-refractivity contribution >= 4 is 5.69 Å². The summed E-state index contributed by atoms with van der Waals surface area (Å²) in [5.41, 5.74) is 3.72. The average Bonchev–Trinajstić information content (AvgIpc) is 2.83. The van der Waals surface area contributed by atoms with E-state index in [1.807, 2.05) is 24.0 Å². The van der Waals surface area contributed by atoms with Crippen molar-refractivity contribution in [3.05, 3.63) is 47.8 Å². The first kappa shape index (κ1) is 13.6. The average molecular weight is 258 g/mol. The van der Waals surface area contributed by atoms with Gasteiger partial charge >= 0.3 is 0 Å². The van der Waals surface area contributed by atoms with Crippen LogP contribution in [0.3, 0.4) is 0 Å². The first-order valence-electron chi connectivity index (χ1n) is 6.55. The number of aryl methyl sites for hydroxylation is 1. The first-order valence-corrected chi connectivity index (χ1v) is 6.55. The Kier molecular flexibility index (Phi) is 4.22. The molecule has 0 amide bonds. The predicted molar refractivity (Wildman–Crippen MR) is 79.2 cm³/mol. The molecular weight excluding hydrogens is 236 g/mol. The van der Waals surface area contributed by atoms with Crippen LogP contribution in [0.2, 0.25) is 0 Å². The molecule has 1 unspecified atom stereocenters. The molecule has 0 aliphatic heterocycles. The van der Waals surface area contributed by atoms with Crippen molar-refractivity contribution in [2.24, 2.45) is 7.05 Å². The molecule has 1 aromatic carbocycles. The molecule has 4 nitrogen and oxygen atoms in total. The van der Waals surface area contributed by atoms with Crippen LogP contribution in [0.25, 0.3) is 0 Å². The van der Waals surface area contributed by atoms with Crippen LogP contribution in [0, 0.1) is 0 Å². The van der Waals surface area contributed by atoms with E-state index in [-0.39, 0.29) is 0 Å². The molecule has 0 saturated heterocycles. The van der Waals surface area contributed by atoms with Gasteiger partial charge in [0.2, 0.25) is 0 Å². The van der Waals surface area contributed by atoms with E-state index in [0.29, 0.717) is 6.04 Å². The molecule has 0 aliphatic carbocycles. The fourth-order valence-electron chi connectivity index (χ4n) is 2.10. The van der Waals surface area contributed by atoms with Gasteiger partial charge in [-0.1, -0.05) is 12.1 Å². The Morgan fingerprint density at radius 2 is 1.89 bits per heavy atom. The molecule has 0 radical (unpaired) electrons. The second kappa shape index (κ2) is 5.89. The van der Waals surface area contributed by atoms with Crippen LogP contribution in [0.4, 0.5) is 5.69 Å². The van der Waals surface area contributed by atoms with Crippen molar-refractivity contribution in [3.63, 3.8) is 0 Å². The van der Waals surface area contributed by atoms with E-state index in [0.717, 1.165) is 6.54 Å². The van der Waals surface area contributed by atoms with Gasteiger partial charge in [0.15, 0.2) is 0 Å². The van der Waals surface area contributed by atoms with Crippen molar-refractivity contribution in [2.75, 3.05) is 19.0 Å². The fraction of sp³-hybridized carbons (Fsp3) is 0.400. The van der Waals surface area contributed by atoms with Gasteiger partial charge in [-0.15, -0.1) is 0 Å². The molecule has 0 spiro atoms. The molecule has 2 rings (SSSR count). The highest BCUT2D eigenvalue weighted by molar-refractivity contribution is 5.45. The zero-order valence-corrected chi connectivity index (χ0v) is 12.1. The Bertz CT molecular complexity index is 513. The minimum Gasteiger partial charge on any atom is -0.378 e. The van der Waals surface area contributed by atoms with E-state index >= 15 is 0 Å². The van der Waals surface area contributed by atoms with Crippen LogP contribution in [0.15, 0.2) is 36.5 Å². The molecule has 0 aliphatic rings. The molecule has 0 fully saturated rings. The molecule has 1 N–H and O–H groups in total. The summed E-state index contributed by atoms with van der Waals surface area (Å²) in [5.74, 6) is 0. The molecule has 19 heavy (non-hydrogen) atoms. The highest BCUT2D eigenvalue weighted by Crippen LogP contribution is 2.14. The van der Waals surface area contributed by atoms with Crippen molar-refractivity contribution in [1.82, 2.24) is 15.1 Å². The number of benzene rings is 1. The lowest BCUT2D eigenvalue weighted by molar-refractivity contribution is 0.530. The predicted octanol–water partition coefficient (Wildman–Crippen LogP) is 2.34. The third-order valence-corrected chi connectivity index (χ3v) is 3.37. The van der Waals surface area contributed by atoms with E-state index in [4.69, 9.17) is 0 Å². The van der Waals surface area contributed by atoms with Gasteiger partial charge in [-0.25, -0.2) is 0 Å². The summed E-state index contributed by atoms with van der Waals surface area (Å²) in [4.78, 5) is 2.11. The van der Waals surface area contributed by atoms with Gasteiger partial charge < -0.3 is 10.2 Å². The number of rotatable bonds is 5. The third-order valence-electron chi connectivity index (χ3n) is 3.37. The summed E-state index contributed by atoms with van der Waals surface area (Å²) >= 11 is 0. The maximum Gasteiger partial charge on any atom is 0.0547 e. The SMILES string of the molecule is CC(NCc1ccc(N(C)C)cc1)c1ccnn1C. The summed E-state index contributed by atoms with van der Waals surface area (Å²) in [6.07, 6.45) is 1.83. The second-order valence-corrected chi connectivity index (χ2v) is 5.04. The summed E-state index contributed by atoms with van der Waals surface area (Å²) < 4.78 is 1.91. The molecule has 0 saturated carbocycles. The van der Waals surface area contributed by atoms with Crippen molar-refractivity contribution in [1.29, 1.82) is 0 Å². The molecule has 4 heteroatoms. The van der Waals surface area contributed by atoms with E-state index in [9.17, 15) is 0 Å². The Morgan fingerprint density at radius 1 is 1.21 bits per heavy atom. The van der Waals surface area contributed by atoms with Gasteiger partial charge in [0.1, 0.15) is 0 Å². The van der Waals surface area contributed by atoms with Gasteiger partial charge in [0.05, 0.1) is 5.69 Å². The van der Waals surface area contributed by atoms with Crippen LogP contribution < -0.4 is 10.2 Å². The largest absolute Gasteiger partial charge is 0.378 e. The number of hydrogen-bond acceptors (Lipinski definition) is 3. The van der Waals surface area contributed by atoms with Gasteiger partial charge in [0.25, 0.3) is 0 Å². The Morgan fingerprint density at radius 3 is 2.42 bits per heavy atom. The van der Waals surface area contributed by atoms with E-state index in [2.05, 4.69) is 60.6 Å². The topological polar surface area (TPSA) is 33.1 Å². The van der Waals surface area contributed by atoms with E-state index < -0.39 is 0 Å². The van der Waals surface area contributed by atoms with Crippen molar-refractivity contribution in [3.8, 4) is 0 Å². The minimum absolute atomic E-state index is 0.293. The highest BCUT2D eigenvalue weighted by Gasteiger charge is 2.08. The standard InChI is InChI=1S/C15H22N4/c1-12(15-9-10-17-19(15)4)16-11-13-5-7-14(8-6-13)18(2)3/h5-10,12,16H,11H2,1-4H3. The van der Waals surface area contributed by atoms with Crippen molar-refractivity contribution in [2.45, 2.75) is 19.5 Å². The maximum atomic E-state index is 4.19. The zero-order valence-electron chi connectivity index (χ0n) is 12.1. The molecule has 1 atom stereocenters. The Balaban J connectivity index is 1.93. The number of nitrogens with zero attached hydrogens (tertiary/aromatic N) is 3. The van der Waals surface area contributed by atoms with Gasteiger partial charge in [-0.2, -0.15) is 5.10 Å². The van der Waals surface area contributed by atoms with Crippen LogP contribution >= 0.6 is 0 Å². The summed E-state index contributed by atoms with van der Waals surface area (Å²) in [7, 11) is 6.08. The monoisotopic (exact) mass is 258 g/mol. The van der Waals surface area contributed by atoms with E-state index in [1.165, 1.54) is 16.9 Å². The van der Waals surface area contributed by atoms with Gasteiger partial charge in [-0.3, -0.25) is 4.68 Å². The fourth-order valence-corrected chi connectivity index (χ4v) is 2.10. The minimum atomic E-state index is 0.293. The molecule has 0 bridgehead atoms. The van der Waals surface area contributed by atoms with Gasteiger partial charge in [0, 0.05) is 45.6 Å². The quantitative estimate of drug-likeness (QED) is 0.893. The van der Waals surface area contributed by atoms with Crippen LogP contribution in [-0.2, 0) is 13.6 Å². The maximum absolute atomic E-state index is 4.19. The first-order chi connectivity index (χ1) is 9.08. The Labute approximate surface area is 115 Å². The normalized spacial score (nSPS) is 12.4.